The zero-order valence-corrected chi connectivity index (χ0v) is 8.71. The molecule has 0 radical (unpaired) electrons. The Morgan fingerprint density at radius 3 is 2.71 bits per heavy atom. The number of Topliss-reactive ketones (excluding diaryl/α,β-unsaturated/α-hetero) is 1. The van der Waals surface area contributed by atoms with Crippen LogP contribution in [0.15, 0.2) is 22.8 Å². The Kier molecular flexibility index (Phi) is 3.46. The molecule has 0 atom stereocenters. The van der Waals surface area contributed by atoms with E-state index in [-0.39, 0.29) is 11.5 Å². The maximum Gasteiger partial charge on any atom is 0.212 e. The molecule has 0 saturated heterocycles. The van der Waals surface area contributed by atoms with Crippen LogP contribution in [0, 0.1) is 0 Å². The SMILES string of the molecule is CCCS(=O)(=O)CC(=O)c1ccco1. The number of carbonyl (C=O) groups excluding carboxylic acids is 1. The van der Waals surface area contributed by atoms with E-state index in [1.165, 1.54) is 12.3 Å². The largest absolute Gasteiger partial charge is 0.461 e. The molecular weight excluding hydrogens is 204 g/mol. The molecule has 0 aliphatic heterocycles. The smallest absolute Gasteiger partial charge is 0.212 e. The third kappa shape index (κ3) is 2.99. The molecule has 1 heterocycles. The summed E-state index contributed by atoms with van der Waals surface area (Å²) in [6, 6.07) is 3.02. The van der Waals surface area contributed by atoms with Crippen LogP contribution in [0.25, 0.3) is 0 Å². The molecule has 1 aromatic rings. The number of ketones is 1. The third-order valence-corrected chi connectivity index (χ3v) is 3.39. The summed E-state index contributed by atoms with van der Waals surface area (Å²) in [6.45, 7) is 1.76. The molecule has 1 rings (SSSR count). The van der Waals surface area contributed by atoms with Gasteiger partial charge in [0.1, 0.15) is 5.75 Å². The number of sulfone groups is 1. The molecule has 0 aliphatic rings. The average Bonchev–Trinajstić information content (AvgIpc) is 2.53. The fourth-order valence-corrected chi connectivity index (χ4v) is 2.40. The second kappa shape index (κ2) is 4.41. The Hall–Kier alpha value is -1.10. The minimum atomic E-state index is -3.27. The highest BCUT2D eigenvalue weighted by Gasteiger charge is 2.18. The fraction of sp³-hybridized carbons (Fsp3) is 0.444. The molecule has 1 aromatic heterocycles. The van der Waals surface area contributed by atoms with Crippen LogP contribution in [0.4, 0.5) is 0 Å². The molecule has 0 amide bonds. The monoisotopic (exact) mass is 216 g/mol. The number of rotatable bonds is 5. The molecule has 0 unspecified atom stereocenters. The van der Waals surface area contributed by atoms with E-state index in [0.717, 1.165) is 0 Å². The summed E-state index contributed by atoms with van der Waals surface area (Å²) >= 11 is 0. The van der Waals surface area contributed by atoms with Gasteiger partial charge in [-0.05, 0) is 18.6 Å². The lowest BCUT2D eigenvalue weighted by Crippen LogP contribution is -2.18. The molecule has 0 aromatic carbocycles. The molecule has 0 fully saturated rings. The van der Waals surface area contributed by atoms with Gasteiger partial charge in [0.15, 0.2) is 15.6 Å². The number of carbonyl (C=O) groups is 1. The lowest BCUT2D eigenvalue weighted by atomic mass is 10.3. The van der Waals surface area contributed by atoms with Crippen LogP contribution >= 0.6 is 0 Å². The van der Waals surface area contributed by atoms with Crippen LogP contribution in [0.1, 0.15) is 23.9 Å². The Balaban J connectivity index is 2.67. The number of hydrogen-bond acceptors (Lipinski definition) is 4. The average molecular weight is 216 g/mol. The van der Waals surface area contributed by atoms with Crippen LogP contribution in [-0.4, -0.2) is 25.7 Å². The van der Waals surface area contributed by atoms with Crippen molar-refractivity contribution in [1.82, 2.24) is 0 Å². The Labute approximate surface area is 82.8 Å². The van der Waals surface area contributed by atoms with Crippen molar-refractivity contribution in [3.8, 4) is 0 Å². The van der Waals surface area contributed by atoms with Crippen molar-refractivity contribution in [1.29, 1.82) is 0 Å². The predicted octanol–water partition coefficient (Wildman–Crippen LogP) is 1.29. The lowest BCUT2D eigenvalue weighted by Gasteiger charge is -1.99. The van der Waals surface area contributed by atoms with Crippen LogP contribution < -0.4 is 0 Å². The van der Waals surface area contributed by atoms with Crippen molar-refractivity contribution < 1.29 is 17.6 Å². The summed E-state index contributed by atoms with van der Waals surface area (Å²) in [6.07, 6.45) is 1.87. The Morgan fingerprint density at radius 2 is 2.21 bits per heavy atom. The molecular formula is C9H12O4S. The minimum Gasteiger partial charge on any atom is -0.461 e. The summed E-state index contributed by atoms with van der Waals surface area (Å²) < 4.78 is 27.4. The van der Waals surface area contributed by atoms with Crippen molar-refractivity contribution in [3.05, 3.63) is 24.2 Å². The van der Waals surface area contributed by atoms with E-state index in [1.54, 1.807) is 13.0 Å². The van der Waals surface area contributed by atoms with Gasteiger partial charge in [0.25, 0.3) is 0 Å². The first-order valence-corrected chi connectivity index (χ1v) is 6.14. The van der Waals surface area contributed by atoms with Gasteiger partial charge in [-0.2, -0.15) is 0 Å². The van der Waals surface area contributed by atoms with E-state index in [4.69, 9.17) is 4.42 Å². The highest BCUT2D eigenvalue weighted by atomic mass is 32.2. The minimum absolute atomic E-state index is 0.0411. The van der Waals surface area contributed by atoms with Gasteiger partial charge in [0.2, 0.25) is 5.78 Å². The van der Waals surface area contributed by atoms with Gasteiger partial charge >= 0.3 is 0 Å². The Morgan fingerprint density at radius 1 is 1.50 bits per heavy atom. The highest BCUT2D eigenvalue weighted by Crippen LogP contribution is 2.04. The quantitative estimate of drug-likeness (QED) is 0.695. The summed E-state index contributed by atoms with van der Waals surface area (Å²) in [4.78, 5) is 11.3. The first-order valence-electron chi connectivity index (χ1n) is 4.32. The molecule has 4 nitrogen and oxygen atoms in total. The molecule has 0 aliphatic carbocycles. The van der Waals surface area contributed by atoms with Gasteiger partial charge in [0, 0.05) is 0 Å². The van der Waals surface area contributed by atoms with Gasteiger partial charge in [-0.1, -0.05) is 6.92 Å². The van der Waals surface area contributed by atoms with Crippen LogP contribution in [0.2, 0.25) is 0 Å². The van der Waals surface area contributed by atoms with E-state index in [9.17, 15) is 13.2 Å². The van der Waals surface area contributed by atoms with Crippen molar-refractivity contribution in [2.45, 2.75) is 13.3 Å². The Bertz CT molecular complexity index is 388. The predicted molar refractivity (Wildman–Crippen MR) is 52.0 cm³/mol. The first-order chi connectivity index (χ1) is 6.55. The summed E-state index contributed by atoms with van der Waals surface area (Å²) in [7, 11) is -3.27. The molecule has 0 spiro atoms. The number of furan rings is 1. The second-order valence-corrected chi connectivity index (χ2v) is 5.18. The highest BCUT2D eigenvalue weighted by molar-refractivity contribution is 7.92. The summed E-state index contributed by atoms with van der Waals surface area (Å²) in [5, 5.41) is 0. The van der Waals surface area contributed by atoms with E-state index in [2.05, 4.69) is 0 Å². The molecule has 14 heavy (non-hydrogen) atoms. The topological polar surface area (TPSA) is 64.3 Å². The zero-order chi connectivity index (χ0) is 10.6. The van der Waals surface area contributed by atoms with Crippen LogP contribution in [-0.2, 0) is 9.84 Å². The van der Waals surface area contributed by atoms with Gasteiger partial charge in [-0.3, -0.25) is 4.79 Å². The maximum absolute atomic E-state index is 11.3. The molecule has 5 heteroatoms. The first kappa shape index (κ1) is 11.0. The van der Waals surface area contributed by atoms with Crippen molar-refractivity contribution in [2.75, 3.05) is 11.5 Å². The van der Waals surface area contributed by atoms with Gasteiger partial charge in [0.05, 0.1) is 12.0 Å². The lowest BCUT2D eigenvalue weighted by molar-refractivity contribution is 0.0990. The van der Waals surface area contributed by atoms with Gasteiger partial charge in [-0.15, -0.1) is 0 Å². The molecule has 0 N–H and O–H groups in total. The third-order valence-electron chi connectivity index (χ3n) is 1.66. The fourth-order valence-electron chi connectivity index (χ4n) is 1.09. The van der Waals surface area contributed by atoms with Crippen LogP contribution in [0.3, 0.4) is 0 Å². The summed E-state index contributed by atoms with van der Waals surface area (Å²) in [5.74, 6) is -0.804. The molecule has 78 valence electrons. The number of hydrogen-bond donors (Lipinski definition) is 0. The van der Waals surface area contributed by atoms with E-state index in [0.29, 0.717) is 6.42 Å². The molecule has 0 saturated carbocycles. The van der Waals surface area contributed by atoms with E-state index in [1.807, 2.05) is 0 Å². The van der Waals surface area contributed by atoms with Gasteiger partial charge < -0.3 is 4.42 Å². The van der Waals surface area contributed by atoms with Gasteiger partial charge in [-0.25, -0.2) is 8.42 Å². The van der Waals surface area contributed by atoms with Crippen LogP contribution in [0.5, 0.6) is 0 Å². The zero-order valence-electron chi connectivity index (χ0n) is 7.89. The normalized spacial score (nSPS) is 11.5. The standard InChI is InChI=1S/C9H12O4S/c1-2-6-14(11,12)7-8(10)9-4-3-5-13-9/h3-5H,2,6-7H2,1H3. The van der Waals surface area contributed by atoms with E-state index >= 15 is 0 Å². The maximum atomic E-state index is 11.3. The molecule has 0 bridgehead atoms. The van der Waals surface area contributed by atoms with Crippen molar-refractivity contribution in [2.24, 2.45) is 0 Å². The second-order valence-electron chi connectivity index (χ2n) is 2.99. The summed E-state index contributed by atoms with van der Waals surface area (Å²) in [5.41, 5.74) is 0. The van der Waals surface area contributed by atoms with Crippen molar-refractivity contribution >= 4 is 15.6 Å². The van der Waals surface area contributed by atoms with Crippen molar-refractivity contribution in [3.63, 3.8) is 0 Å². The van der Waals surface area contributed by atoms with E-state index < -0.39 is 21.4 Å².